The summed E-state index contributed by atoms with van der Waals surface area (Å²) in [7, 11) is -2.59. The minimum absolute atomic E-state index is 0.0864. The molecule has 6 rings (SSSR count). The number of ether oxygens (including phenoxy) is 2. The van der Waals surface area contributed by atoms with Crippen LogP contribution in [0.1, 0.15) is 66.9 Å². The average Bonchev–Trinajstić information content (AvgIpc) is 3.10. The van der Waals surface area contributed by atoms with Gasteiger partial charge in [0.25, 0.3) is 5.91 Å². The van der Waals surface area contributed by atoms with Crippen molar-refractivity contribution in [2.24, 2.45) is 11.8 Å². The van der Waals surface area contributed by atoms with Gasteiger partial charge >= 0.3 is 0 Å². The minimum Gasteiger partial charge on any atom is -0.490 e. The molecule has 0 aromatic heterocycles. The largest absolute Gasteiger partial charge is 0.490 e. The molecular formula is C33H41ClN2O6S. The number of rotatable bonds is 2. The molecule has 8 nitrogen and oxygen atoms in total. The lowest BCUT2D eigenvalue weighted by Gasteiger charge is -2.45. The van der Waals surface area contributed by atoms with Crippen LogP contribution in [-0.2, 0) is 26.6 Å². The molecule has 2 aromatic rings. The molecule has 6 atom stereocenters. The molecule has 2 aliphatic carbocycles. The van der Waals surface area contributed by atoms with Crippen molar-refractivity contribution >= 4 is 33.2 Å². The van der Waals surface area contributed by atoms with Crippen molar-refractivity contribution in [3.8, 4) is 5.75 Å². The van der Waals surface area contributed by atoms with Gasteiger partial charge in [0.05, 0.1) is 24.5 Å². The summed E-state index contributed by atoms with van der Waals surface area (Å²) in [4.78, 5) is 15.8. The molecule has 1 spiro atoms. The summed E-state index contributed by atoms with van der Waals surface area (Å²) in [5.41, 5.74) is 3.25. The van der Waals surface area contributed by atoms with Crippen LogP contribution >= 0.6 is 11.6 Å². The molecular weight excluding hydrogens is 588 g/mol. The Morgan fingerprint density at radius 2 is 2.05 bits per heavy atom. The SMILES string of the molecule is CC[C@@H]1[C@@H](OC)C/C=C/[C@H](O)[C@@H]2CC[C@H]2CN2C[C@@]3(CCCc4cc(Cl)ccc43)COc3ccc(cc32)C(=O)NS1(=O)=O. The fourth-order valence-corrected chi connectivity index (χ4v) is 9.43. The zero-order valence-electron chi connectivity index (χ0n) is 24.8. The third kappa shape index (κ3) is 5.81. The molecule has 232 valence electrons. The van der Waals surface area contributed by atoms with E-state index in [1.54, 1.807) is 31.2 Å². The van der Waals surface area contributed by atoms with Gasteiger partial charge in [0, 0.05) is 36.2 Å². The van der Waals surface area contributed by atoms with Crippen molar-refractivity contribution in [2.45, 2.75) is 74.7 Å². The first-order valence-electron chi connectivity index (χ1n) is 15.4. The Morgan fingerprint density at radius 3 is 2.79 bits per heavy atom. The van der Waals surface area contributed by atoms with Crippen LogP contribution in [0.3, 0.4) is 0 Å². The maximum atomic E-state index is 13.5. The van der Waals surface area contributed by atoms with Crippen LogP contribution in [0.4, 0.5) is 5.69 Å². The number of nitrogens with one attached hydrogen (secondary N) is 1. The molecule has 4 aliphatic rings. The number of amides is 1. The molecule has 2 aliphatic heterocycles. The number of carbonyl (C=O) groups excluding carboxylic acids is 1. The van der Waals surface area contributed by atoms with E-state index in [4.69, 9.17) is 21.1 Å². The number of nitrogens with zero attached hydrogens (tertiary/aromatic N) is 1. The average molecular weight is 629 g/mol. The second-order valence-electron chi connectivity index (χ2n) is 12.6. The number of benzene rings is 2. The third-order valence-corrected chi connectivity index (χ3v) is 12.3. The maximum Gasteiger partial charge on any atom is 0.264 e. The standard InChI is InChI=1S/C33H41ClN2O6S/c1-3-31-30(41-2)8-4-7-28(37)25-12-9-23(25)18-36-19-33(15-5-6-21-16-24(34)11-13-26(21)33)20-42-29-14-10-22(17-27(29)36)32(38)35-43(31,39)40/h4,7,10-11,13-14,16-17,23,25,28,30-31,37H,3,5-6,8-9,12,15,18-20H2,1-2H3,(H,35,38)/b7-4+/t23-,25+,28-,30-,31+,33-/m0/s1. The lowest BCUT2D eigenvalue weighted by molar-refractivity contribution is 0.0451. The molecule has 43 heavy (non-hydrogen) atoms. The lowest BCUT2D eigenvalue weighted by atomic mass is 9.68. The highest BCUT2D eigenvalue weighted by atomic mass is 35.5. The number of carbonyl (C=O) groups is 1. The number of sulfonamides is 1. The third-order valence-electron chi connectivity index (χ3n) is 10.1. The molecule has 2 bridgehead atoms. The summed E-state index contributed by atoms with van der Waals surface area (Å²) in [5.74, 6) is 0.333. The van der Waals surface area contributed by atoms with Gasteiger partial charge in [-0.1, -0.05) is 36.7 Å². The van der Waals surface area contributed by atoms with Crippen LogP contribution in [0, 0.1) is 11.8 Å². The highest BCUT2D eigenvalue weighted by molar-refractivity contribution is 7.90. The van der Waals surface area contributed by atoms with Gasteiger partial charge < -0.3 is 19.5 Å². The highest BCUT2D eigenvalue weighted by Gasteiger charge is 2.44. The molecule has 0 saturated heterocycles. The normalized spacial score (nSPS) is 32.8. The first-order chi connectivity index (χ1) is 20.6. The van der Waals surface area contributed by atoms with Crippen molar-refractivity contribution in [3.63, 3.8) is 0 Å². The molecule has 1 fully saturated rings. The number of aliphatic hydroxyl groups is 1. The van der Waals surface area contributed by atoms with E-state index in [9.17, 15) is 18.3 Å². The molecule has 1 saturated carbocycles. The summed E-state index contributed by atoms with van der Waals surface area (Å²) in [6.07, 6.45) is 7.74. The highest BCUT2D eigenvalue weighted by Crippen LogP contribution is 2.46. The van der Waals surface area contributed by atoms with Gasteiger partial charge in [0.1, 0.15) is 11.0 Å². The van der Waals surface area contributed by atoms with E-state index in [2.05, 4.69) is 21.8 Å². The van der Waals surface area contributed by atoms with E-state index in [0.717, 1.165) is 42.8 Å². The molecule has 2 heterocycles. The second-order valence-corrected chi connectivity index (χ2v) is 15.0. The van der Waals surface area contributed by atoms with Crippen LogP contribution in [0.2, 0.25) is 5.02 Å². The number of hydrogen-bond donors (Lipinski definition) is 2. The van der Waals surface area contributed by atoms with Crippen LogP contribution in [0.5, 0.6) is 5.75 Å². The van der Waals surface area contributed by atoms with Gasteiger partial charge in [0.2, 0.25) is 10.0 Å². The summed E-state index contributed by atoms with van der Waals surface area (Å²) >= 11 is 6.39. The summed E-state index contributed by atoms with van der Waals surface area (Å²) in [5, 5.41) is 11.0. The van der Waals surface area contributed by atoms with Gasteiger partial charge in [0.15, 0.2) is 0 Å². The first-order valence-corrected chi connectivity index (χ1v) is 17.3. The Labute approximate surface area is 259 Å². The number of methoxy groups -OCH3 is 1. The molecule has 0 unspecified atom stereocenters. The van der Waals surface area contributed by atoms with Gasteiger partial charge in [-0.05, 0) is 98.2 Å². The van der Waals surface area contributed by atoms with Crippen molar-refractivity contribution < 1.29 is 27.8 Å². The van der Waals surface area contributed by atoms with Gasteiger partial charge in [-0.2, -0.15) is 0 Å². The van der Waals surface area contributed by atoms with Crippen LogP contribution in [0.25, 0.3) is 0 Å². The Kier molecular flexibility index (Phi) is 8.54. The van der Waals surface area contributed by atoms with Crippen molar-refractivity contribution in [3.05, 3.63) is 70.3 Å². The maximum absolute atomic E-state index is 13.5. The number of aliphatic hydroxyl groups excluding tert-OH is 1. The van der Waals surface area contributed by atoms with Crippen LogP contribution < -0.4 is 14.4 Å². The van der Waals surface area contributed by atoms with E-state index < -0.39 is 33.4 Å². The Balaban J connectivity index is 1.42. The Hall–Kier alpha value is -2.59. The quantitative estimate of drug-likeness (QED) is 0.450. The van der Waals surface area contributed by atoms with Crippen molar-refractivity contribution in [1.82, 2.24) is 4.72 Å². The molecule has 2 N–H and O–H groups in total. The van der Waals surface area contributed by atoms with E-state index >= 15 is 0 Å². The number of hydrogen-bond acceptors (Lipinski definition) is 7. The van der Waals surface area contributed by atoms with Crippen molar-refractivity contribution in [1.29, 1.82) is 0 Å². The molecule has 0 radical (unpaired) electrons. The Bertz CT molecular complexity index is 1510. The van der Waals surface area contributed by atoms with Gasteiger partial charge in [-0.3, -0.25) is 4.79 Å². The zero-order chi connectivity index (χ0) is 30.4. The van der Waals surface area contributed by atoms with Gasteiger partial charge in [-0.25, -0.2) is 13.1 Å². The number of aryl methyl sites for hydroxylation is 1. The second kappa shape index (κ2) is 12.1. The predicted octanol–water partition coefficient (Wildman–Crippen LogP) is 5.01. The number of anilines is 1. The number of halogens is 1. The topological polar surface area (TPSA) is 105 Å². The lowest BCUT2D eigenvalue weighted by Crippen LogP contribution is -2.49. The number of fused-ring (bicyclic) bond motifs is 4. The fourth-order valence-electron chi connectivity index (χ4n) is 7.65. The van der Waals surface area contributed by atoms with E-state index in [-0.39, 0.29) is 29.2 Å². The van der Waals surface area contributed by atoms with E-state index in [1.165, 1.54) is 18.2 Å². The smallest absolute Gasteiger partial charge is 0.264 e. The Morgan fingerprint density at radius 1 is 1.21 bits per heavy atom. The summed E-state index contributed by atoms with van der Waals surface area (Å²) < 4.78 is 41.3. The minimum atomic E-state index is -4.06. The summed E-state index contributed by atoms with van der Waals surface area (Å²) in [6, 6.07) is 11.3. The molecule has 1 amide bonds. The molecule has 10 heteroatoms. The van der Waals surface area contributed by atoms with E-state index in [1.807, 2.05) is 12.1 Å². The molecule has 2 aromatic carbocycles. The summed E-state index contributed by atoms with van der Waals surface area (Å²) in [6.45, 7) is 3.63. The van der Waals surface area contributed by atoms with Gasteiger partial charge in [-0.15, -0.1) is 0 Å². The zero-order valence-corrected chi connectivity index (χ0v) is 26.4. The van der Waals surface area contributed by atoms with Crippen LogP contribution in [0.15, 0.2) is 48.6 Å². The first kappa shape index (κ1) is 30.4. The predicted molar refractivity (Wildman–Crippen MR) is 167 cm³/mol. The monoisotopic (exact) mass is 628 g/mol. The fraction of sp³-hybridized carbons (Fsp3) is 0.545. The van der Waals surface area contributed by atoms with Crippen LogP contribution in [-0.4, -0.2) is 63.7 Å². The van der Waals surface area contributed by atoms with Crippen molar-refractivity contribution in [2.75, 3.05) is 31.7 Å². The van der Waals surface area contributed by atoms with E-state index in [0.29, 0.717) is 31.9 Å².